The molecule has 0 atom stereocenters. The van der Waals surface area contributed by atoms with E-state index < -0.39 is 26.2 Å². The Bertz CT molecular complexity index is 614. The number of aliphatic carboxylic acids is 1. The molecular formula is C11H16N2O4S2. The summed E-state index contributed by atoms with van der Waals surface area (Å²) < 4.78 is 25.8. The van der Waals surface area contributed by atoms with Gasteiger partial charge in [-0.2, -0.15) is 0 Å². The molecule has 1 saturated carbocycles. The molecule has 6 nitrogen and oxygen atoms in total. The summed E-state index contributed by atoms with van der Waals surface area (Å²) in [4.78, 5) is 15.2. The maximum atomic E-state index is 12.0. The van der Waals surface area contributed by atoms with Gasteiger partial charge in [0, 0.05) is 5.38 Å². The Morgan fingerprint density at radius 3 is 2.58 bits per heavy atom. The molecule has 0 aliphatic heterocycles. The molecule has 106 valence electrons. The number of nitrogens with one attached hydrogen (secondary N) is 1. The predicted octanol–water partition coefficient (Wildman–Crippen LogP) is 1.80. The van der Waals surface area contributed by atoms with Crippen LogP contribution >= 0.6 is 11.3 Å². The number of thiazole rings is 1. The van der Waals surface area contributed by atoms with E-state index in [1.54, 1.807) is 12.3 Å². The van der Waals surface area contributed by atoms with Gasteiger partial charge in [0.2, 0.25) is 10.0 Å². The van der Waals surface area contributed by atoms with E-state index in [1.807, 2.05) is 0 Å². The van der Waals surface area contributed by atoms with Gasteiger partial charge in [-0.25, -0.2) is 13.4 Å². The summed E-state index contributed by atoms with van der Waals surface area (Å²) in [6.45, 7) is 4.75. The van der Waals surface area contributed by atoms with Crippen molar-refractivity contribution in [1.82, 2.24) is 4.98 Å². The topological polar surface area (TPSA) is 96.4 Å². The molecular weight excluding hydrogens is 288 g/mol. The lowest BCUT2D eigenvalue weighted by Gasteiger charge is -2.15. The average molecular weight is 304 g/mol. The van der Waals surface area contributed by atoms with Crippen LogP contribution in [0.15, 0.2) is 5.38 Å². The zero-order valence-corrected chi connectivity index (χ0v) is 12.6. The molecule has 1 fully saturated rings. The fraction of sp³-hybridized carbons (Fsp3) is 0.636. The number of anilines is 1. The second kappa shape index (κ2) is 4.17. The van der Waals surface area contributed by atoms with Crippen LogP contribution in [-0.4, -0.2) is 29.2 Å². The first kappa shape index (κ1) is 14.3. The first-order chi connectivity index (χ1) is 8.58. The molecule has 19 heavy (non-hydrogen) atoms. The lowest BCUT2D eigenvalue weighted by atomic mass is 9.91. The Morgan fingerprint density at radius 2 is 2.11 bits per heavy atom. The third-order valence-electron chi connectivity index (χ3n) is 3.50. The van der Waals surface area contributed by atoms with E-state index in [1.165, 1.54) is 13.8 Å². The Balaban J connectivity index is 2.21. The van der Waals surface area contributed by atoms with Gasteiger partial charge in [-0.1, -0.05) is 0 Å². The van der Waals surface area contributed by atoms with Crippen LogP contribution in [0.4, 0.5) is 5.13 Å². The highest BCUT2D eigenvalue weighted by molar-refractivity contribution is 7.94. The zero-order valence-electron chi connectivity index (χ0n) is 10.9. The van der Waals surface area contributed by atoms with Crippen molar-refractivity contribution in [3.63, 3.8) is 0 Å². The van der Waals surface area contributed by atoms with E-state index >= 15 is 0 Å². The van der Waals surface area contributed by atoms with Crippen LogP contribution in [0.3, 0.4) is 0 Å². The van der Waals surface area contributed by atoms with Crippen LogP contribution in [-0.2, 0) is 20.2 Å². The fourth-order valence-corrected chi connectivity index (χ4v) is 3.80. The maximum absolute atomic E-state index is 12.0. The van der Waals surface area contributed by atoms with E-state index in [2.05, 4.69) is 9.71 Å². The van der Waals surface area contributed by atoms with Crippen LogP contribution < -0.4 is 4.72 Å². The number of carboxylic acid groups (broad SMARTS) is 1. The molecule has 1 aliphatic rings. The van der Waals surface area contributed by atoms with E-state index in [4.69, 9.17) is 5.11 Å². The van der Waals surface area contributed by atoms with Gasteiger partial charge in [-0.3, -0.25) is 9.52 Å². The second-order valence-electron chi connectivity index (χ2n) is 5.52. The van der Waals surface area contributed by atoms with E-state index in [9.17, 15) is 13.2 Å². The maximum Gasteiger partial charge on any atom is 0.315 e. The van der Waals surface area contributed by atoms with Gasteiger partial charge in [0.15, 0.2) is 5.13 Å². The highest BCUT2D eigenvalue weighted by Gasteiger charge is 2.50. The number of nitrogens with zero attached hydrogens (tertiary/aromatic N) is 1. The van der Waals surface area contributed by atoms with Crippen molar-refractivity contribution in [2.45, 2.75) is 43.8 Å². The van der Waals surface area contributed by atoms with Gasteiger partial charge in [-0.15, -0.1) is 11.3 Å². The van der Waals surface area contributed by atoms with Gasteiger partial charge in [0.1, 0.15) is 5.41 Å². The van der Waals surface area contributed by atoms with Crippen LogP contribution in [0, 0.1) is 0 Å². The number of hydrogen-bond acceptors (Lipinski definition) is 5. The van der Waals surface area contributed by atoms with Crippen LogP contribution in [0.5, 0.6) is 0 Å². The molecule has 1 aliphatic carbocycles. The largest absolute Gasteiger partial charge is 0.481 e. The molecule has 0 radical (unpaired) electrons. The third kappa shape index (κ3) is 2.46. The van der Waals surface area contributed by atoms with Gasteiger partial charge in [-0.05, 0) is 33.6 Å². The van der Waals surface area contributed by atoms with Gasteiger partial charge < -0.3 is 5.11 Å². The Morgan fingerprint density at radius 1 is 1.53 bits per heavy atom. The molecule has 2 N–H and O–H groups in total. The first-order valence-electron chi connectivity index (χ1n) is 5.80. The first-order valence-corrected chi connectivity index (χ1v) is 8.16. The second-order valence-corrected chi connectivity index (χ2v) is 8.58. The lowest BCUT2D eigenvalue weighted by Crippen LogP contribution is -2.29. The van der Waals surface area contributed by atoms with Crippen molar-refractivity contribution >= 4 is 32.5 Å². The van der Waals surface area contributed by atoms with Crippen molar-refractivity contribution in [1.29, 1.82) is 0 Å². The van der Waals surface area contributed by atoms with Crippen LogP contribution in [0.1, 0.15) is 39.3 Å². The number of hydrogen-bond donors (Lipinski definition) is 2. The number of carbonyl (C=O) groups is 1. The van der Waals surface area contributed by atoms with Crippen molar-refractivity contribution in [2.75, 3.05) is 4.72 Å². The third-order valence-corrected chi connectivity index (χ3v) is 6.56. The molecule has 1 aromatic heterocycles. The number of rotatable bonds is 5. The highest BCUT2D eigenvalue weighted by atomic mass is 32.2. The van der Waals surface area contributed by atoms with Gasteiger partial charge in [0.05, 0.1) is 10.4 Å². The molecule has 0 aromatic carbocycles. The molecule has 1 aromatic rings. The summed E-state index contributed by atoms with van der Waals surface area (Å²) in [6.07, 6.45) is 1.28. The summed E-state index contributed by atoms with van der Waals surface area (Å²) in [5.41, 5.74) is -0.785. The standard InChI is InChI=1S/C11H16N2O4S2/c1-10(2,8(14)15)7-6-18-9(12-7)13-19(16,17)11(3)4-5-11/h6H,4-5H2,1-3H3,(H,12,13)(H,14,15). The Labute approximate surface area is 115 Å². The molecule has 2 rings (SSSR count). The minimum Gasteiger partial charge on any atom is -0.481 e. The molecule has 0 saturated heterocycles. The molecule has 1 heterocycles. The van der Waals surface area contributed by atoms with Crippen molar-refractivity contribution in [2.24, 2.45) is 0 Å². The highest BCUT2D eigenvalue weighted by Crippen LogP contribution is 2.43. The van der Waals surface area contributed by atoms with E-state index in [0.29, 0.717) is 18.5 Å². The normalized spacial score (nSPS) is 18.1. The number of aromatic nitrogens is 1. The molecule has 0 amide bonds. The fourth-order valence-electron chi connectivity index (χ4n) is 1.40. The molecule has 8 heteroatoms. The SMILES string of the molecule is CC(C)(C(=O)O)c1csc(NS(=O)(=O)C2(C)CC2)n1. The Kier molecular flexibility index (Phi) is 3.13. The average Bonchev–Trinajstić information content (AvgIpc) is 2.88. The summed E-state index contributed by atoms with van der Waals surface area (Å²) >= 11 is 1.10. The zero-order chi connectivity index (χ0) is 14.5. The minimum atomic E-state index is -3.44. The summed E-state index contributed by atoms with van der Waals surface area (Å²) in [5, 5.41) is 10.9. The van der Waals surface area contributed by atoms with Crippen molar-refractivity contribution in [3.8, 4) is 0 Å². The Hall–Kier alpha value is -1.15. The monoisotopic (exact) mass is 304 g/mol. The van der Waals surface area contributed by atoms with E-state index in [0.717, 1.165) is 11.3 Å². The van der Waals surface area contributed by atoms with Gasteiger partial charge >= 0.3 is 5.97 Å². The summed E-state index contributed by atoms with van der Waals surface area (Å²) in [6, 6.07) is 0. The summed E-state index contributed by atoms with van der Waals surface area (Å²) in [7, 11) is -3.44. The molecule has 0 spiro atoms. The summed E-state index contributed by atoms with van der Waals surface area (Å²) in [5.74, 6) is -0.999. The van der Waals surface area contributed by atoms with Gasteiger partial charge in [0.25, 0.3) is 0 Å². The minimum absolute atomic E-state index is 0.220. The number of carboxylic acids is 1. The molecule has 0 unspecified atom stereocenters. The quantitative estimate of drug-likeness (QED) is 0.864. The lowest BCUT2D eigenvalue weighted by molar-refractivity contribution is -0.142. The van der Waals surface area contributed by atoms with Crippen molar-refractivity contribution < 1.29 is 18.3 Å². The smallest absolute Gasteiger partial charge is 0.315 e. The van der Waals surface area contributed by atoms with Crippen LogP contribution in [0.2, 0.25) is 0 Å². The van der Waals surface area contributed by atoms with Crippen molar-refractivity contribution in [3.05, 3.63) is 11.1 Å². The van der Waals surface area contributed by atoms with E-state index in [-0.39, 0.29) is 5.13 Å². The number of sulfonamides is 1. The van der Waals surface area contributed by atoms with Crippen LogP contribution in [0.25, 0.3) is 0 Å². The predicted molar refractivity (Wildman–Crippen MR) is 73.0 cm³/mol. The molecule has 0 bridgehead atoms.